The number of benzene rings is 2. The minimum absolute atomic E-state index is 0.744. The van der Waals surface area contributed by atoms with E-state index in [0.717, 1.165) is 62.7 Å². The smallest absolute Gasteiger partial charge is 0.102 e. The van der Waals surface area contributed by atoms with Crippen molar-refractivity contribution in [3.8, 4) is 22.3 Å². The van der Waals surface area contributed by atoms with E-state index in [1.807, 2.05) is 35.6 Å². The van der Waals surface area contributed by atoms with E-state index in [4.69, 9.17) is 32.7 Å². The zero-order chi connectivity index (χ0) is 21.2. The van der Waals surface area contributed by atoms with Crippen molar-refractivity contribution in [3.63, 3.8) is 0 Å². The molecule has 2 aromatic carbocycles. The molecule has 2 saturated heterocycles. The Balaban J connectivity index is 1.73. The molecule has 0 N–H and O–H groups in total. The summed E-state index contributed by atoms with van der Waals surface area (Å²) in [7, 11) is 0. The van der Waals surface area contributed by atoms with Crippen molar-refractivity contribution in [2.75, 3.05) is 62.4 Å². The van der Waals surface area contributed by atoms with Crippen LogP contribution in [-0.4, -0.2) is 52.6 Å². The van der Waals surface area contributed by atoms with Crippen molar-refractivity contribution in [1.82, 2.24) is 0 Å². The Morgan fingerprint density at radius 1 is 0.581 bits per heavy atom. The third kappa shape index (κ3) is 4.43. The average molecular weight is 475 g/mol. The molecule has 0 atom stereocenters. The molecule has 162 valence electrons. The molecule has 0 unspecified atom stereocenters. The van der Waals surface area contributed by atoms with Gasteiger partial charge in [0.25, 0.3) is 0 Å². The van der Waals surface area contributed by atoms with E-state index in [1.165, 1.54) is 32.3 Å². The van der Waals surface area contributed by atoms with Crippen LogP contribution in [0.25, 0.3) is 22.3 Å². The minimum atomic E-state index is 0.744. The number of rotatable bonds is 4. The number of hydrogen-bond donors (Lipinski definition) is 0. The molecule has 5 rings (SSSR count). The van der Waals surface area contributed by atoms with Crippen LogP contribution in [0.4, 0.5) is 10.0 Å². The second kappa shape index (κ2) is 9.39. The molecule has 2 fully saturated rings. The molecule has 0 aliphatic carbocycles. The van der Waals surface area contributed by atoms with Crippen molar-refractivity contribution in [1.29, 1.82) is 0 Å². The highest BCUT2D eigenvalue weighted by atomic mass is 35.5. The zero-order valence-electron chi connectivity index (χ0n) is 17.2. The maximum Gasteiger partial charge on any atom is 0.102 e. The lowest BCUT2D eigenvalue weighted by molar-refractivity contribution is 0.123. The van der Waals surface area contributed by atoms with Crippen LogP contribution in [0.5, 0.6) is 0 Å². The first kappa shape index (κ1) is 21.1. The van der Waals surface area contributed by atoms with Crippen LogP contribution in [0.3, 0.4) is 0 Å². The Morgan fingerprint density at radius 3 is 1.29 bits per heavy atom. The fourth-order valence-corrected chi connectivity index (χ4v) is 5.86. The van der Waals surface area contributed by atoms with Gasteiger partial charge in [-0.05, 0) is 35.4 Å². The SMILES string of the molecule is Clc1ccc(-c2c(N3CCOCC3)sc(N3CCOCC3)c2-c2ccc(Cl)cc2)cc1. The van der Waals surface area contributed by atoms with Crippen molar-refractivity contribution in [3.05, 3.63) is 58.6 Å². The van der Waals surface area contributed by atoms with Crippen LogP contribution in [-0.2, 0) is 9.47 Å². The van der Waals surface area contributed by atoms with E-state index < -0.39 is 0 Å². The van der Waals surface area contributed by atoms with E-state index in [0.29, 0.717) is 0 Å². The molecule has 2 aliphatic heterocycles. The molecule has 31 heavy (non-hydrogen) atoms. The standard InChI is InChI=1S/C24H24Cl2N2O2S/c25-19-5-1-17(2-6-19)21-22(18-3-7-20(26)8-4-18)24(28-11-15-30-16-12-28)31-23(21)27-9-13-29-14-10-27/h1-8H,9-16H2. The van der Waals surface area contributed by atoms with E-state index in [-0.39, 0.29) is 0 Å². The topological polar surface area (TPSA) is 24.9 Å². The van der Waals surface area contributed by atoms with Gasteiger partial charge in [0.05, 0.1) is 26.4 Å². The Bertz CT molecular complexity index is 943. The van der Waals surface area contributed by atoms with Crippen LogP contribution >= 0.6 is 34.5 Å². The molecule has 0 saturated carbocycles. The second-order valence-electron chi connectivity index (χ2n) is 7.67. The molecular weight excluding hydrogens is 451 g/mol. The number of halogens is 2. The maximum atomic E-state index is 6.23. The highest BCUT2D eigenvalue weighted by molar-refractivity contribution is 7.21. The maximum absolute atomic E-state index is 6.23. The first-order chi connectivity index (χ1) is 15.2. The lowest BCUT2D eigenvalue weighted by Gasteiger charge is -2.29. The molecule has 0 bridgehead atoms. The summed E-state index contributed by atoms with van der Waals surface area (Å²) < 4.78 is 11.3. The monoisotopic (exact) mass is 474 g/mol. The molecule has 0 spiro atoms. The third-order valence-electron chi connectivity index (χ3n) is 5.73. The summed E-state index contributed by atoms with van der Waals surface area (Å²) in [4.78, 5) is 4.92. The van der Waals surface area contributed by atoms with E-state index in [1.54, 1.807) is 0 Å². The van der Waals surface area contributed by atoms with Gasteiger partial charge in [0.1, 0.15) is 10.0 Å². The Morgan fingerprint density at radius 2 is 0.935 bits per heavy atom. The summed E-state index contributed by atoms with van der Waals surface area (Å²) in [6.45, 7) is 6.57. The first-order valence-electron chi connectivity index (χ1n) is 10.5. The summed E-state index contributed by atoms with van der Waals surface area (Å²) >= 11 is 14.3. The first-order valence-corrected chi connectivity index (χ1v) is 12.1. The van der Waals surface area contributed by atoms with Crippen LogP contribution in [0, 0.1) is 0 Å². The van der Waals surface area contributed by atoms with Crippen LogP contribution in [0.1, 0.15) is 0 Å². The molecule has 2 aliphatic rings. The van der Waals surface area contributed by atoms with Gasteiger partial charge < -0.3 is 19.3 Å². The van der Waals surface area contributed by atoms with Crippen LogP contribution < -0.4 is 9.80 Å². The lowest BCUT2D eigenvalue weighted by Crippen LogP contribution is -2.36. The van der Waals surface area contributed by atoms with Gasteiger partial charge in [-0.2, -0.15) is 0 Å². The number of hydrogen-bond acceptors (Lipinski definition) is 5. The number of ether oxygens (including phenoxy) is 2. The van der Waals surface area contributed by atoms with Gasteiger partial charge in [0.15, 0.2) is 0 Å². The Hall–Kier alpha value is -1.76. The minimum Gasteiger partial charge on any atom is -0.378 e. The molecule has 3 aromatic rings. The Kier molecular flexibility index (Phi) is 6.39. The van der Waals surface area contributed by atoms with Crippen molar-refractivity contribution < 1.29 is 9.47 Å². The number of thiophene rings is 1. The quantitative estimate of drug-likeness (QED) is 0.458. The second-order valence-corrected chi connectivity index (χ2v) is 9.53. The summed E-state index contributed by atoms with van der Waals surface area (Å²) in [6.07, 6.45) is 0. The van der Waals surface area contributed by atoms with Gasteiger partial charge in [-0.25, -0.2) is 0 Å². The average Bonchev–Trinajstić information content (AvgIpc) is 3.22. The number of anilines is 2. The molecule has 7 heteroatoms. The normalized spacial score (nSPS) is 17.2. The predicted molar refractivity (Wildman–Crippen MR) is 131 cm³/mol. The molecule has 0 radical (unpaired) electrons. The predicted octanol–water partition coefficient (Wildman–Crippen LogP) is 6.06. The summed E-state index contributed by atoms with van der Waals surface area (Å²) in [6, 6.07) is 16.4. The highest BCUT2D eigenvalue weighted by Crippen LogP contribution is 2.53. The van der Waals surface area contributed by atoms with Crippen LogP contribution in [0.15, 0.2) is 48.5 Å². The van der Waals surface area contributed by atoms with Crippen LogP contribution in [0.2, 0.25) is 10.0 Å². The molecule has 0 amide bonds. The van der Waals surface area contributed by atoms with Crippen molar-refractivity contribution in [2.24, 2.45) is 0 Å². The molecule has 3 heterocycles. The van der Waals surface area contributed by atoms with Gasteiger partial charge in [-0.3, -0.25) is 0 Å². The summed E-state index contributed by atoms with van der Waals surface area (Å²) in [5.74, 6) is 0. The molecule has 4 nitrogen and oxygen atoms in total. The number of nitrogens with zero attached hydrogens (tertiary/aromatic N) is 2. The summed E-state index contributed by atoms with van der Waals surface area (Å²) in [5.41, 5.74) is 4.86. The van der Waals surface area contributed by atoms with Gasteiger partial charge in [0, 0.05) is 47.4 Å². The van der Waals surface area contributed by atoms with E-state index in [2.05, 4.69) is 34.1 Å². The van der Waals surface area contributed by atoms with Crippen molar-refractivity contribution >= 4 is 44.5 Å². The lowest BCUT2D eigenvalue weighted by atomic mass is 9.96. The fourth-order valence-electron chi connectivity index (χ4n) is 4.15. The molecular formula is C24H24Cl2N2O2S. The van der Waals surface area contributed by atoms with Gasteiger partial charge in [-0.1, -0.05) is 58.8 Å². The highest BCUT2D eigenvalue weighted by Gasteiger charge is 2.28. The van der Waals surface area contributed by atoms with E-state index >= 15 is 0 Å². The fraction of sp³-hybridized carbons (Fsp3) is 0.333. The number of morpholine rings is 2. The van der Waals surface area contributed by atoms with Gasteiger partial charge >= 0.3 is 0 Å². The zero-order valence-corrected chi connectivity index (χ0v) is 19.5. The largest absolute Gasteiger partial charge is 0.378 e. The van der Waals surface area contributed by atoms with Gasteiger partial charge in [0.2, 0.25) is 0 Å². The Labute approximate surface area is 196 Å². The molecule has 1 aromatic heterocycles. The third-order valence-corrected chi connectivity index (χ3v) is 7.55. The van der Waals surface area contributed by atoms with E-state index in [9.17, 15) is 0 Å². The summed E-state index contributed by atoms with van der Waals surface area (Å²) in [5, 5.41) is 4.07. The van der Waals surface area contributed by atoms with Crippen molar-refractivity contribution in [2.45, 2.75) is 0 Å². The van der Waals surface area contributed by atoms with Gasteiger partial charge in [-0.15, -0.1) is 0 Å².